The number of fused-ring (bicyclic) bond motifs is 1. The summed E-state index contributed by atoms with van der Waals surface area (Å²) in [6.07, 6.45) is 0. The molecular formula is C22H18FN3O. The van der Waals surface area contributed by atoms with Gasteiger partial charge >= 0.3 is 6.03 Å². The van der Waals surface area contributed by atoms with Gasteiger partial charge in [0.15, 0.2) is 0 Å². The Morgan fingerprint density at radius 3 is 2.56 bits per heavy atom. The number of carbonyl (C=O) groups excluding carboxylic acids is 1. The van der Waals surface area contributed by atoms with E-state index in [2.05, 4.69) is 27.8 Å². The number of rotatable bonds is 4. The molecule has 0 atom stereocenters. The van der Waals surface area contributed by atoms with Crippen LogP contribution in [0.1, 0.15) is 5.56 Å². The predicted octanol–water partition coefficient (Wildman–Crippen LogP) is 5.30. The van der Waals surface area contributed by atoms with Gasteiger partial charge < -0.3 is 15.6 Å². The molecular weight excluding hydrogens is 341 g/mol. The van der Waals surface area contributed by atoms with Gasteiger partial charge in [0.25, 0.3) is 0 Å². The molecule has 0 saturated heterocycles. The molecule has 4 rings (SSSR count). The van der Waals surface area contributed by atoms with Gasteiger partial charge in [0.1, 0.15) is 5.82 Å². The van der Waals surface area contributed by atoms with Crippen LogP contribution in [0.15, 0.2) is 78.9 Å². The third-order valence-corrected chi connectivity index (χ3v) is 4.33. The summed E-state index contributed by atoms with van der Waals surface area (Å²) in [4.78, 5) is 15.5. The molecule has 0 bridgehead atoms. The molecule has 134 valence electrons. The highest BCUT2D eigenvalue weighted by Crippen LogP contribution is 2.26. The van der Waals surface area contributed by atoms with Gasteiger partial charge in [0.2, 0.25) is 0 Å². The maximum absolute atomic E-state index is 12.9. The zero-order valence-electron chi connectivity index (χ0n) is 14.5. The normalized spacial score (nSPS) is 10.7. The Bertz CT molecular complexity index is 1050. The average molecular weight is 359 g/mol. The molecule has 27 heavy (non-hydrogen) atoms. The Hall–Kier alpha value is -3.60. The lowest BCUT2D eigenvalue weighted by Crippen LogP contribution is -2.28. The highest BCUT2D eigenvalue weighted by molar-refractivity contribution is 5.91. The number of aromatic nitrogens is 1. The van der Waals surface area contributed by atoms with Gasteiger partial charge in [-0.05, 0) is 42.0 Å². The molecule has 4 aromatic rings. The van der Waals surface area contributed by atoms with Crippen molar-refractivity contribution in [2.45, 2.75) is 6.54 Å². The van der Waals surface area contributed by atoms with Crippen molar-refractivity contribution in [3.8, 4) is 11.3 Å². The fourth-order valence-corrected chi connectivity index (χ4v) is 2.95. The molecule has 0 fully saturated rings. The first kappa shape index (κ1) is 16.8. The van der Waals surface area contributed by atoms with Crippen molar-refractivity contribution in [2.75, 3.05) is 5.32 Å². The molecule has 4 nitrogen and oxygen atoms in total. The molecule has 0 aliphatic heterocycles. The van der Waals surface area contributed by atoms with Crippen LogP contribution in [0.5, 0.6) is 0 Å². The van der Waals surface area contributed by atoms with Crippen molar-refractivity contribution in [1.29, 1.82) is 0 Å². The Morgan fingerprint density at radius 1 is 0.926 bits per heavy atom. The van der Waals surface area contributed by atoms with E-state index in [-0.39, 0.29) is 11.8 Å². The number of amides is 2. The number of hydrogen-bond donors (Lipinski definition) is 3. The largest absolute Gasteiger partial charge is 0.355 e. The van der Waals surface area contributed by atoms with E-state index in [0.29, 0.717) is 12.2 Å². The van der Waals surface area contributed by atoms with Crippen LogP contribution in [-0.4, -0.2) is 11.0 Å². The SMILES string of the molecule is O=C(NCc1ccc(F)cc1)Nc1cccc(-c2cc3ccccc3[nH]2)c1. The number of carbonyl (C=O) groups is 1. The summed E-state index contributed by atoms with van der Waals surface area (Å²) in [6.45, 7) is 0.327. The molecule has 0 saturated carbocycles. The van der Waals surface area contributed by atoms with E-state index < -0.39 is 0 Å². The van der Waals surface area contributed by atoms with Gasteiger partial charge in [-0.1, -0.05) is 42.5 Å². The number of halogens is 1. The van der Waals surface area contributed by atoms with Crippen LogP contribution < -0.4 is 10.6 Å². The number of anilines is 1. The van der Waals surface area contributed by atoms with Crippen LogP contribution in [0, 0.1) is 5.82 Å². The zero-order chi connectivity index (χ0) is 18.6. The van der Waals surface area contributed by atoms with Gasteiger partial charge in [0, 0.05) is 34.4 Å². The van der Waals surface area contributed by atoms with E-state index in [9.17, 15) is 9.18 Å². The predicted molar refractivity (Wildman–Crippen MR) is 106 cm³/mol. The molecule has 0 aliphatic carbocycles. The number of benzene rings is 3. The van der Waals surface area contributed by atoms with E-state index in [1.54, 1.807) is 12.1 Å². The third-order valence-electron chi connectivity index (χ3n) is 4.33. The van der Waals surface area contributed by atoms with E-state index in [0.717, 1.165) is 27.7 Å². The highest BCUT2D eigenvalue weighted by Gasteiger charge is 2.06. The van der Waals surface area contributed by atoms with Crippen LogP contribution in [0.2, 0.25) is 0 Å². The van der Waals surface area contributed by atoms with Crippen LogP contribution >= 0.6 is 0 Å². The third kappa shape index (κ3) is 3.98. The fraction of sp³-hybridized carbons (Fsp3) is 0.0455. The first-order chi connectivity index (χ1) is 13.2. The minimum atomic E-state index is -0.312. The summed E-state index contributed by atoms with van der Waals surface area (Å²) in [5.74, 6) is -0.294. The topological polar surface area (TPSA) is 56.9 Å². The maximum atomic E-state index is 12.9. The Kier molecular flexibility index (Phi) is 4.58. The second-order valence-corrected chi connectivity index (χ2v) is 6.29. The number of H-pyrrole nitrogens is 1. The van der Waals surface area contributed by atoms with Crippen molar-refractivity contribution >= 4 is 22.6 Å². The quantitative estimate of drug-likeness (QED) is 0.455. The summed E-state index contributed by atoms with van der Waals surface area (Å²) < 4.78 is 12.9. The van der Waals surface area contributed by atoms with Crippen LogP contribution in [-0.2, 0) is 6.54 Å². The first-order valence-electron chi connectivity index (χ1n) is 8.65. The number of hydrogen-bond acceptors (Lipinski definition) is 1. The average Bonchev–Trinajstić information content (AvgIpc) is 3.12. The van der Waals surface area contributed by atoms with E-state index in [1.165, 1.54) is 12.1 Å². The lowest BCUT2D eigenvalue weighted by molar-refractivity contribution is 0.251. The van der Waals surface area contributed by atoms with Gasteiger partial charge in [-0.25, -0.2) is 9.18 Å². The lowest BCUT2D eigenvalue weighted by atomic mass is 10.1. The summed E-state index contributed by atoms with van der Waals surface area (Å²) in [7, 11) is 0. The molecule has 3 aromatic carbocycles. The molecule has 5 heteroatoms. The summed E-state index contributed by atoms with van der Waals surface area (Å²) >= 11 is 0. The fourth-order valence-electron chi connectivity index (χ4n) is 2.95. The second kappa shape index (κ2) is 7.33. The number of para-hydroxylation sites is 1. The van der Waals surface area contributed by atoms with E-state index >= 15 is 0 Å². The lowest BCUT2D eigenvalue weighted by Gasteiger charge is -2.09. The Labute approximate surface area is 156 Å². The van der Waals surface area contributed by atoms with Crippen LogP contribution in [0.3, 0.4) is 0 Å². The van der Waals surface area contributed by atoms with Crippen molar-refractivity contribution in [3.63, 3.8) is 0 Å². The molecule has 0 radical (unpaired) electrons. The first-order valence-corrected chi connectivity index (χ1v) is 8.65. The molecule has 0 spiro atoms. The zero-order valence-corrected chi connectivity index (χ0v) is 14.5. The van der Waals surface area contributed by atoms with Gasteiger partial charge in [-0.3, -0.25) is 0 Å². The molecule has 0 aliphatic rings. The van der Waals surface area contributed by atoms with Gasteiger partial charge in [-0.2, -0.15) is 0 Å². The van der Waals surface area contributed by atoms with Crippen LogP contribution in [0.25, 0.3) is 22.2 Å². The molecule has 2 amide bonds. The molecule has 1 aromatic heterocycles. The van der Waals surface area contributed by atoms with Crippen molar-refractivity contribution in [3.05, 3.63) is 90.2 Å². The number of nitrogens with one attached hydrogen (secondary N) is 3. The van der Waals surface area contributed by atoms with Crippen LogP contribution in [0.4, 0.5) is 14.9 Å². The molecule has 3 N–H and O–H groups in total. The molecule has 1 heterocycles. The van der Waals surface area contributed by atoms with E-state index in [1.807, 2.05) is 42.5 Å². The van der Waals surface area contributed by atoms with E-state index in [4.69, 9.17) is 0 Å². The Balaban J connectivity index is 1.44. The minimum absolute atomic E-state index is 0.294. The molecule has 0 unspecified atom stereocenters. The summed E-state index contributed by atoms with van der Waals surface area (Å²) in [5.41, 5.74) is 4.58. The smallest absolute Gasteiger partial charge is 0.319 e. The standard InChI is InChI=1S/C22H18FN3O/c23-18-10-8-15(9-11-18)14-24-22(27)25-19-6-3-5-16(12-19)21-13-17-4-1-2-7-20(17)26-21/h1-13,26H,14H2,(H2,24,25,27). The summed E-state index contributed by atoms with van der Waals surface area (Å²) in [6, 6.07) is 23.5. The summed E-state index contributed by atoms with van der Waals surface area (Å²) in [5, 5.41) is 6.74. The second-order valence-electron chi connectivity index (χ2n) is 6.29. The van der Waals surface area contributed by atoms with Gasteiger partial charge in [-0.15, -0.1) is 0 Å². The highest BCUT2D eigenvalue weighted by atomic mass is 19.1. The Morgan fingerprint density at radius 2 is 1.74 bits per heavy atom. The number of aromatic amines is 1. The van der Waals surface area contributed by atoms with Crippen molar-refractivity contribution in [1.82, 2.24) is 10.3 Å². The monoisotopic (exact) mass is 359 g/mol. The number of urea groups is 1. The minimum Gasteiger partial charge on any atom is -0.355 e. The van der Waals surface area contributed by atoms with Crippen molar-refractivity contribution in [2.24, 2.45) is 0 Å². The van der Waals surface area contributed by atoms with Crippen molar-refractivity contribution < 1.29 is 9.18 Å². The van der Waals surface area contributed by atoms with Gasteiger partial charge in [0.05, 0.1) is 0 Å². The maximum Gasteiger partial charge on any atom is 0.319 e.